The maximum Gasteiger partial charge on any atom is 0.342 e. The first-order chi connectivity index (χ1) is 15.4. The molecule has 7 nitrogen and oxygen atoms in total. The molecule has 0 fully saturated rings. The van der Waals surface area contributed by atoms with Crippen molar-refractivity contribution in [1.82, 2.24) is 4.98 Å². The first kappa shape index (κ1) is 22.7. The molecular weight excluding hydrogens is 408 g/mol. The topological polar surface area (TPSA) is 94.6 Å². The molecule has 3 aromatic rings. The minimum Gasteiger partial charge on any atom is -0.455 e. The summed E-state index contributed by atoms with van der Waals surface area (Å²) in [5.74, 6) is -0.0751. The van der Waals surface area contributed by atoms with Crippen LogP contribution < -0.4 is 10.1 Å². The number of carbonyl (C=O) groups excluding carboxylic acids is 3. The number of anilines is 1. The second-order valence-electron chi connectivity index (χ2n) is 7.51. The van der Waals surface area contributed by atoms with Crippen LogP contribution in [0.5, 0.6) is 11.5 Å². The summed E-state index contributed by atoms with van der Waals surface area (Å²) in [5.41, 5.74) is 1.18. The number of nitrogens with one attached hydrogen (secondary N) is 1. The fraction of sp³-hybridized carbons (Fsp3) is 0.200. The Morgan fingerprint density at radius 3 is 2.41 bits per heavy atom. The number of nitrogens with zero attached hydrogens (tertiary/aromatic N) is 1. The van der Waals surface area contributed by atoms with Crippen molar-refractivity contribution in [2.75, 3.05) is 11.9 Å². The Labute approximate surface area is 186 Å². The van der Waals surface area contributed by atoms with Gasteiger partial charge in [0.05, 0.1) is 6.20 Å². The fourth-order valence-corrected chi connectivity index (χ4v) is 2.87. The number of benzene rings is 2. The Balaban J connectivity index is 1.58. The van der Waals surface area contributed by atoms with Crippen LogP contribution in [0.15, 0.2) is 73.1 Å². The number of hydrogen-bond acceptors (Lipinski definition) is 6. The lowest BCUT2D eigenvalue weighted by molar-refractivity contribution is -0.116. The average molecular weight is 432 g/mol. The molecule has 0 saturated carbocycles. The third-order valence-electron chi connectivity index (χ3n) is 4.39. The van der Waals surface area contributed by atoms with Crippen LogP contribution in [0.1, 0.15) is 41.0 Å². The standard InChI is InChI=1S/C25H24N2O5/c1-17(2)14-24(29)27-19-11-9-18(10-12-19)22(28)16-31-25(30)21-7-3-4-8-23(21)32-20-6-5-13-26-15-20/h3-13,15,17H,14,16H2,1-2H3,(H,27,29). The van der Waals surface area contributed by atoms with E-state index in [2.05, 4.69) is 10.3 Å². The molecule has 0 unspecified atom stereocenters. The van der Waals surface area contributed by atoms with E-state index in [1.165, 1.54) is 6.20 Å². The van der Waals surface area contributed by atoms with Crippen LogP contribution in [0.4, 0.5) is 5.69 Å². The van der Waals surface area contributed by atoms with E-state index in [1.54, 1.807) is 66.9 Å². The minimum absolute atomic E-state index is 0.0832. The number of esters is 1. The number of hydrogen-bond donors (Lipinski definition) is 1. The SMILES string of the molecule is CC(C)CC(=O)Nc1ccc(C(=O)COC(=O)c2ccccc2Oc2cccnc2)cc1. The summed E-state index contributed by atoms with van der Waals surface area (Å²) in [4.78, 5) is 40.8. The fourth-order valence-electron chi connectivity index (χ4n) is 2.87. The molecule has 1 heterocycles. The summed E-state index contributed by atoms with van der Waals surface area (Å²) in [6.07, 6.45) is 3.56. The number of Topliss-reactive ketones (excluding diaryl/α,β-unsaturated/α-hetero) is 1. The lowest BCUT2D eigenvalue weighted by Gasteiger charge is -2.11. The summed E-state index contributed by atoms with van der Waals surface area (Å²) in [7, 11) is 0. The van der Waals surface area contributed by atoms with E-state index < -0.39 is 12.6 Å². The molecule has 164 valence electrons. The van der Waals surface area contributed by atoms with Crippen molar-refractivity contribution in [1.29, 1.82) is 0 Å². The normalized spacial score (nSPS) is 10.5. The van der Waals surface area contributed by atoms with Gasteiger partial charge in [-0.1, -0.05) is 26.0 Å². The quantitative estimate of drug-likeness (QED) is 0.382. The zero-order valence-electron chi connectivity index (χ0n) is 17.9. The Kier molecular flexibility index (Phi) is 7.70. The molecule has 3 rings (SSSR count). The molecule has 7 heteroatoms. The lowest BCUT2D eigenvalue weighted by Crippen LogP contribution is -2.15. The molecule has 32 heavy (non-hydrogen) atoms. The van der Waals surface area contributed by atoms with Crippen LogP contribution in [-0.4, -0.2) is 29.3 Å². The predicted molar refractivity (Wildman–Crippen MR) is 120 cm³/mol. The van der Waals surface area contributed by atoms with Gasteiger partial charge in [0.1, 0.15) is 17.1 Å². The first-order valence-electron chi connectivity index (χ1n) is 10.2. The summed E-state index contributed by atoms with van der Waals surface area (Å²) in [6, 6.07) is 16.5. The van der Waals surface area contributed by atoms with Crippen LogP contribution in [0.3, 0.4) is 0 Å². The van der Waals surface area contributed by atoms with Crippen molar-refractivity contribution in [3.05, 3.63) is 84.2 Å². The van der Waals surface area contributed by atoms with Gasteiger partial charge in [-0.25, -0.2) is 4.79 Å². The highest BCUT2D eigenvalue weighted by atomic mass is 16.5. The number of ketones is 1. The van der Waals surface area contributed by atoms with E-state index in [0.29, 0.717) is 29.2 Å². The Hall–Kier alpha value is -4.00. The number of aromatic nitrogens is 1. The molecule has 1 aromatic heterocycles. The summed E-state index contributed by atoms with van der Waals surface area (Å²) < 4.78 is 10.9. The number of para-hydroxylation sites is 1. The van der Waals surface area contributed by atoms with Gasteiger partial charge < -0.3 is 14.8 Å². The third kappa shape index (κ3) is 6.50. The zero-order chi connectivity index (χ0) is 22.9. The van der Waals surface area contributed by atoms with Crippen LogP contribution in [0.2, 0.25) is 0 Å². The Morgan fingerprint density at radius 1 is 0.969 bits per heavy atom. The molecule has 2 aromatic carbocycles. The maximum atomic E-state index is 12.5. The number of amides is 1. The van der Waals surface area contributed by atoms with E-state index in [0.717, 1.165) is 0 Å². The van der Waals surface area contributed by atoms with Gasteiger partial charge in [0.25, 0.3) is 0 Å². The highest BCUT2D eigenvalue weighted by molar-refractivity contribution is 6.00. The Morgan fingerprint density at radius 2 is 1.72 bits per heavy atom. The summed E-state index contributed by atoms with van der Waals surface area (Å²) in [6.45, 7) is 3.51. The van der Waals surface area contributed by atoms with Crippen molar-refractivity contribution in [2.45, 2.75) is 20.3 Å². The van der Waals surface area contributed by atoms with Gasteiger partial charge in [-0.05, 0) is 54.4 Å². The number of rotatable bonds is 9. The molecule has 0 spiro atoms. The van der Waals surface area contributed by atoms with E-state index >= 15 is 0 Å². The van der Waals surface area contributed by atoms with E-state index in [1.807, 2.05) is 13.8 Å². The van der Waals surface area contributed by atoms with Crippen LogP contribution >= 0.6 is 0 Å². The summed E-state index contributed by atoms with van der Waals surface area (Å²) in [5, 5.41) is 2.78. The molecule has 0 aliphatic rings. The van der Waals surface area contributed by atoms with Gasteiger partial charge in [-0.15, -0.1) is 0 Å². The van der Waals surface area contributed by atoms with Crippen LogP contribution in [0, 0.1) is 5.92 Å². The first-order valence-corrected chi connectivity index (χ1v) is 10.2. The lowest BCUT2D eigenvalue weighted by atomic mass is 10.1. The van der Waals surface area contributed by atoms with Crippen molar-refractivity contribution in [2.24, 2.45) is 5.92 Å². The predicted octanol–water partition coefficient (Wildman–Crippen LogP) is 4.90. The van der Waals surface area contributed by atoms with E-state index in [-0.39, 0.29) is 23.2 Å². The second-order valence-corrected chi connectivity index (χ2v) is 7.51. The number of pyridine rings is 1. The van der Waals surface area contributed by atoms with E-state index in [9.17, 15) is 14.4 Å². The molecule has 0 aliphatic carbocycles. The smallest absolute Gasteiger partial charge is 0.342 e. The average Bonchev–Trinajstić information content (AvgIpc) is 2.78. The molecular formula is C25H24N2O5. The Bertz CT molecular complexity index is 1080. The maximum absolute atomic E-state index is 12.5. The molecule has 1 amide bonds. The van der Waals surface area contributed by atoms with Gasteiger partial charge in [0.15, 0.2) is 12.4 Å². The molecule has 0 aliphatic heterocycles. The molecule has 0 saturated heterocycles. The molecule has 1 N–H and O–H groups in total. The molecule has 0 atom stereocenters. The van der Waals surface area contributed by atoms with Gasteiger partial charge in [-0.3, -0.25) is 14.6 Å². The van der Waals surface area contributed by atoms with Crippen molar-refractivity contribution in [3.8, 4) is 11.5 Å². The monoisotopic (exact) mass is 432 g/mol. The number of carbonyl (C=O) groups is 3. The largest absolute Gasteiger partial charge is 0.455 e. The molecule has 0 radical (unpaired) electrons. The van der Waals surface area contributed by atoms with Gasteiger partial charge >= 0.3 is 5.97 Å². The highest BCUT2D eigenvalue weighted by Gasteiger charge is 2.17. The van der Waals surface area contributed by atoms with Gasteiger partial charge in [0.2, 0.25) is 5.91 Å². The van der Waals surface area contributed by atoms with Gasteiger partial charge in [-0.2, -0.15) is 0 Å². The van der Waals surface area contributed by atoms with Crippen molar-refractivity contribution >= 4 is 23.3 Å². The zero-order valence-corrected chi connectivity index (χ0v) is 17.9. The highest BCUT2D eigenvalue weighted by Crippen LogP contribution is 2.25. The minimum atomic E-state index is -0.671. The van der Waals surface area contributed by atoms with E-state index in [4.69, 9.17) is 9.47 Å². The van der Waals surface area contributed by atoms with Gasteiger partial charge in [0, 0.05) is 23.9 Å². The van der Waals surface area contributed by atoms with Crippen LogP contribution in [0.25, 0.3) is 0 Å². The second kappa shape index (κ2) is 10.9. The number of ether oxygens (including phenoxy) is 2. The van der Waals surface area contributed by atoms with Crippen LogP contribution in [-0.2, 0) is 9.53 Å². The summed E-state index contributed by atoms with van der Waals surface area (Å²) >= 11 is 0. The van der Waals surface area contributed by atoms with Crippen molar-refractivity contribution in [3.63, 3.8) is 0 Å². The molecule has 0 bridgehead atoms. The third-order valence-corrected chi connectivity index (χ3v) is 4.39. The van der Waals surface area contributed by atoms with Crippen molar-refractivity contribution < 1.29 is 23.9 Å².